The summed E-state index contributed by atoms with van der Waals surface area (Å²) in [5.41, 5.74) is 1.04. The minimum Gasteiger partial charge on any atom is -0.484 e. The van der Waals surface area contributed by atoms with Gasteiger partial charge in [0.15, 0.2) is 12.4 Å². The lowest BCUT2D eigenvalue weighted by Gasteiger charge is -2.07. The molecule has 0 aliphatic rings. The lowest BCUT2D eigenvalue weighted by molar-refractivity contribution is 0.0921. The number of benzene rings is 2. The molecule has 0 saturated carbocycles. The highest BCUT2D eigenvalue weighted by atomic mass is 127. The zero-order valence-electron chi connectivity index (χ0n) is 10.3. The molecule has 0 aliphatic heterocycles. The molecule has 5 heteroatoms. The van der Waals surface area contributed by atoms with Gasteiger partial charge >= 0.3 is 0 Å². The maximum absolute atomic E-state index is 11.9. The van der Waals surface area contributed by atoms with Crippen molar-refractivity contribution in [1.29, 1.82) is 5.26 Å². The van der Waals surface area contributed by atoms with Crippen molar-refractivity contribution in [3.05, 3.63) is 62.2 Å². The fraction of sp³-hybridized carbons (Fsp3) is 0.0667. The molecule has 0 heterocycles. The van der Waals surface area contributed by atoms with Crippen molar-refractivity contribution in [1.82, 2.24) is 0 Å². The summed E-state index contributed by atoms with van der Waals surface area (Å²) >= 11 is 8.15. The summed E-state index contributed by atoms with van der Waals surface area (Å²) in [6.07, 6.45) is 0. The standard InChI is InChI=1S/C15H9ClINO2/c16-13-7-10(8-18)1-6-15(13)20-9-14(19)11-2-4-12(17)5-3-11/h1-7H,9H2. The molecule has 0 spiro atoms. The van der Waals surface area contributed by atoms with Gasteiger partial charge in [-0.25, -0.2) is 0 Å². The van der Waals surface area contributed by atoms with Crippen LogP contribution in [0.3, 0.4) is 0 Å². The Kier molecular flexibility index (Phi) is 4.99. The number of ketones is 1. The summed E-state index contributed by atoms with van der Waals surface area (Å²) in [5, 5.41) is 9.06. The summed E-state index contributed by atoms with van der Waals surface area (Å²) < 4.78 is 6.45. The van der Waals surface area contributed by atoms with E-state index in [1.165, 1.54) is 6.07 Å². The summed E-state index contributed by atoms with van der Waals surface area (Å²) in [7, 11) is 0. The first kappa shape index (κ1) is 14.8. The lowest BCUT2D eigenvalue weighted by atomic mass is 10.1. The molecule has 0 radical (unpaired) electrons. The van der Waals surface area contributed by atoms with Crippen molar-refractivity contribution in [3.63, 3.8) is 0 Å². The van der Waals surface area contributed by atoms with E-state index in [9.17, 15) is 4.79 Å². The molecule has 0 fully saturated rings. The number of carbonyl (C=O) groups is 1. The normalized spacial score (nSPS) is 9.85. The Morgan fingerprint density at radius 2 is 1.95 bits per heavy atom. The number of rotatable bonds is 4. The van der Waals surface area contributed by atoms with Gasteiger partial charge in [0, 0.05) is 9.13 Å². The fourth-order valence-electron chi connectivity index (χ4n) is 1.55. The molecule has 0 amide bonds. The average Bonchev–Trinajstić information content (AvgIpc) is 2.46. The van der Waals surface area contributed by atoms with E-state index in [0.717, 1.165) is 3.57 Å². The van der Waals surface area contributed by atoms with E-state index in [2.05, 4.69) is 22.6 Å². The van der Waals surface area contributed by atoms with E-state index in [-0.39, 0.29) is 12.4 Å². The van der Waals surface area contributed by atoms with Crippen LogP contribution in [0.4, 0.5) is 0 Å². The maximum Gasteiger partial charge on any atom is 0.200 e. The van der Waals surface area contributed by atoms with Crippen molar-refractivity contribution in [2.45, 2.75) is 0 Å². The predicted molar refractivity (Wildman–Crippen MR) is 85.2 cm³/mol. The fourth-order valence-corrected chi connectivity index (χ4v) is 2.14. The van der Waals surface area contributed by atoms with Gasteiger partial charge in [0.05, 0.1) is 16.7 Å². The second-order valence-electron chi connectivity index (χ2n) is 3.98. The molecule has 0 aliphatic carbocycles. The quantitative estimate of drug-likeness (QED) is 0.577. The highest BCUT2D eigenvalue weighted by molar-refractivity contribution is 14.1. The van der Waals surface area contributed by atoms with E-state index in [4.69, 9.17) is 21.6 Å². The molecule has 2 aromatic rings. The van der Waals surface area contributed by atoms with Crippen LogP contribution in [0.1, 0.15) is 15.9 Å². The molecular weight excluding hydrogens is 389 g/mol. The Hall–Kier alpha value is -1.58. The third kappa shape index (κ3) is 3.71. The molecule has 3 nitrogen and oxygen atoms in total. The Labute approximate surface area is 135 Å². The zero-order chi connectivity index (χ0) is 14.5. The van der Waals surface area contributed by atoms with Crippen molar-refractivity contribution < 1.29 is 9.53 Å². The van der Waals surface area contributed by atoms with E-state index in [1.807, 2.05) is 18.2 Å². The minimum absolute atomic E-state index is 0.0911. The second kappa shape index (κ2) is 6.73. The second-order valence-corrected chi connectivity index (χ2v) is 5.63. The molecule has 0 aromatic heterocycles. The van der Waals surface area contributed by atoms with Crippen LogP contribution in [0.25, 0.3) is 0 Å². The first-order valence-electron chi connectivity index (χ1n) is 5.71. The molecule has 2 rings (SSSR count). The van der Waals surface area contributed by atoms with Gasteiger partial charge in [0.1, 0.15) is 5.75 Å². The van der Waals surface area contributed by atoms with E-state index >= 15 is 0 Å². The van der Waals surface area contributed by atoms with Gasteiger partial charge in [-0.3, -0.25) is 4.79 Å². The first-order valence-corrected chi connectivity index (χ1v) is 7.17. The Morgan fingerprint density at radius 1 is 1.25 bits per heavy atom. The molecule has 20 heavy (non-hydrogen) atoms. The van der Waals surface area contributed by atoms with Crippen molar-refractivity contribution >= 4 is 40.0 Å². The van der Waals surface area contributed by atoms with Crippen molar-refractivity contribution in [2.75, 3.05) is 6.61 Å². The van der Waals surface area contributed by atoms with Crippen LogP contribution in [0.2, 0.25) is 5.02 Å². The van der Waals surface area contributed by atoms with Gasteiger partial charge in [-0.05, 0) is 52.9 Å². The van der Waals surface area contributed by atoms with Gasteiger partial charge in [-0.15, -0.1) is 0 Å². The first-order chi connectivity index (χ1) is 9.60. The van der Waals surface area contributed by atoms with Crippen LogP contribution < -0.4 is 4.74 Å². The van der Waals surface area contributed by atoms with Crippen LogP contribution in [-0.2, 0) is 0 Å². The molecule has 0 N–H and O–H groups in total. The van der Waals surface area contributed by atoms with Gasteiger partial charge < -0.3 is 4.74 Å². The number of nitriles is 1. The average molecular weight is 398 g/mol. The molecule has 0 atom stereocenters. The molecular formula is C15H9ClINO2. The third-order valence-corrected chi connectivity index (χ3v) is 3.60. The zero-order valence-corrected chi connectivity index (χ0v) is 13.2. The van der Waals surface area contributed by atoms with Gasteiger partial charge in [0.25, 0.3) is 0 Å². The summed E-state index contributed by atoms with van der Waals surface area (Å²) in [5.74, 6) is 0.270. The predicted octanol–water partition coefficient (Wildman–Crippen LogP) is 4.08. The van der Waals surface area contributed by atoms with E-state index < -0.39 is 0 Å². The number of Topliss-reactive ketones (excluding diaryl/α,β-unsaturated/α-hetero) is 1. The Balaban J connectivity index is 2.04. The van der Waals surface area contributed by atoms with Crippen molar-refractivity contribution in [2.24, 2.45) is 0 Å². The highest BCUT2D eigenvalue weighted by Gasteiger charge is 2.09. The number of hydrogen-bond acceptors (Lipinski definition) is 3. The highest BCUT2D eigenvalue weighted by Crippen LogP contribution is 2.25. The number of carbonyl (C=O) groups excluding carboxylic acids is 1. The van der Waals surface area contributed by atoms with E-state index in [1.54, 1.807) is 24.3 Å². The van der Waals surface area contributed by atoms with Crippen LogP contribution in [0.5, 0.6) is 5.75 Å². The SMILES string of the molecule is N#Cc1ccc(OCC(=O)c2ccc(I)cc2)c(Cl)c1. The smallest absolute Gasteiger partial charge is 0.200 e. The van der Waals surface area contributed by atoms with E-state index in [0.29, 0.717) is 21.9 Å². The molecule has 0 bridgehead atoms. The summed E-state index contributed by atoms with van der Waals surface area (Å²) in [6, 6.07) is 13.9. The van der Waals surface area contributed by atoms with Crippen LogP contribution >= 0.6 is 34.2 Å². The minimum atomic E-state index is -0.123. The lowest BCUT2D eigenvalue weighted by Crippen LogP contribution is -2.11. The van der Waals surface area contributed by atoms with Gasteiger partial charge in [-0.2, -0.15) is 5.26 Å². The van der Waals surface area contributed by atoms with Crippen LogP contribution in [-0.4, -0.2) is 12.4 Å². The molecule has 0 unspecified atom stereocenters. The summed E-state index contributed by atoms with van der Waals surface area (Å²) in [4.78, 5) is 11.9. The topological polar surface area (TPSA) is 50.1 Å². The molecule has 100 valence electrons. The van der Waals surface area contributed by atoms with Crippen molar-refractivity contribution in [3.8, 4) is 11.8 Å². The number of hydrogen-bond donors (Lipinski definition) is 0. The van der Waals surface area contributed by atoms with Crippen LogP contribution in [0, 0.1) is 14.9 Å². The molecule has 2 aromatic carbocycles. The third-order valence-electron chi connectivity index (χ3n) is 2.59. The number of halogens is 2. The number of nitrogens with zero attached hydrogens (tertiary/aromatic N) is 1. The maximum atomic E-state index is 11.9. The molecule has 0 saturated heterocycles. The number of ether oxygens (including phenoxy) is 1. The van der Waals surface area contributed by atoms with Crippen LogP contribution in [0.15, 0.2) is 42.5 Å². The Morgan fingerprint density at radius 3 is 2.55 bits per heavy atom. The van der Waals surface area contributed by atoms with Gasteiger partial charge in [0.2, 0.25) is 0 Å². The monoisotopic (exact) mass is 397 g/mol. The largest absolute Gasteiger partial charge is 0.484 e. The van der Waals surface area contributed by atoms with Gasteiger partial charge in [-0.1, -0.05) is 23.7 Å². The Bertz CT molecular complexity index is 677. The summed E-state index contributed by atoms with van der Waals surface area (Å²) in [6.45, 7) is -0.0911.